The maximum absolute atomic E-state index is 13.5. The molecular weight excluding hydrogens is 458 g/mol. The Morgan fingerprint density at radius 2 is 2.00 bits per heavy atom. The van der Waals surface area contributed by atoms with Gasteiger partial charge in [-0.05, 0) is 43.2 Å². The average molecular weight is 506 g/mol. The first-order valence-corrected chi connectivity index (χ1v) is 13.4. The van der Waals surface area contributed by atoms with Gasteiger partial charge in [0, 0.05) is 31.5 Å². The third kappa shape index (κ3) is 9.37. The van der Waals surface area contributed by atoms with Gasteiger partial charge in [0.2, 0.25) is 11.8 Å². The fraction of sp³-hybridized carbons (Fsp3) is 0.714. The van der Waals surface area contributed by atoms with Crippen LogP contribution in [-0.2, 0) is 14.3 Å². The second-order valence-corrected chi connectivity index (χ2v) is 10.8. The number of amides is 2. The number of unbranched alkanes of at least 4 members (excludes halogenated alkanes) is 1. The van der Waals surface area contributed by atoms with Crippen LogP contribution >= 0.6 is 0 Å². The van der Waals surface area contributed by atoms with Gasteiger partial charge in [-0.15, -0.1) is 0 Å². The molecule has 0 bridgehead atoms. The zero-order chi connectivity index (χ0) is 26.7. The molecule has 1 aliphatic rings. The van der Waals surface area contributed by atoms with Gasteiger partial charge in [0.1, 0.15) is 11.9 Å². The highest BCUT2D eigenvalue weighted by atomic mass is 16.5. The Bertz CT molecular complexity index is 831. The molecule has 0 aromatic heterocycles. The van der Waals surface area contributed by atoms with E-state index >= 15 is 0 Å². The third-order valence-corrected chi connectivity index (χ3v) is 6.57. The molecule has 0 radical (unpaired) electrons. The van der Waals surface area contributed by atoms with Crippen LogP contribution in [0.3, 0.4) is 0 Å². The second kappa shape index (κ2) is 14.5. The first-order valence-electron chi connectivity index (χ1n) is 13.4. The number of fused-ring (bicyclic) bond motifs is 1. The van der Waals surface area contributed by atoms with E-state index in [4.69, 9.17) is 15.2 Å². The van der Waals surface area contributed by atoms with Crippen molar-refractivity contribution in [2.75, 3.05) is 31.2 Å². The third-order valence-electron chi connectivity index (χ3n) is 6.57. The van der Waals surface area contributed by atoms with Gasteiger partial charge in [-0.1, -0.05) is 53.2 Å². The number of rotatable bonds is 15. The summed E-state index contributed by atoms with van der Waals surface area (Å²) in [5, 5.41) is 13.6. The minimum atomic E-state index is -0.824. The standard InChI is InChI=1S/C28H47N3O5/c1-6-8-13-30-27(34)20(3)15-24(32)22(29)16-28(4,5)17-26(33)31-18-21(19-35-14-7-2)36-25-12-10-9-11-23(25)31/h9-12,20-22,24,32H,6-8,13-19,29H2,1-5H3,(H,30,34)/t20-,21-,22+,24+/m1/s1. The number of aliphatic hydroxyl groups excluding tert-OH is 1. The van der Waals surface area contributed by atoms with Gasteiger partial charge in [0.25, 0.3) is 0 Å². The van der Waals surface area contributed by atoms with E-state index in [1.165, 1.54) is 0 Å². The molecule has 1 heterocycles. The number of carbonyl (C=O) groups excluding carboxylic acids is 2. The second-order valence-electron chi connectivity index (χ2n) is 10.8. The van der Waals surface area contributed by atoms with Crippen LogP contribution < -0.4 is 20.7 Å². The lowest BCUT2D eigenvalue weighted by atomic mass is 9.80. The van der Waals surface area contributed by atoms with E-state index in [1.807, 2.05) is 45.0 Å². The topological polar surface area (TPSA) is 114 Å². The number of carbonyl (C=O) groups is 2. The van der Waals surface area contributed by atoms with Crippen LogP contribution in [0, 0.1) is 11.3 Å². The summed E-state index contributed by atoms with van der Waals surface area (Å²) in [7, 11) is 0. The number of hydrogen-bond acceptors (Lipinski definition) is 6. The average Bonchev–Trinajstić information content (AvgIpc) is 2.83. The molecule has 4 N–H and O–H groups in total. The molecule has 1 aliphatic heterocycles. The van der Waals surface area contributed by atoms with Crippen molar-refractivity contribution in [2.45, 2.75) is 91.4 Å². The zero-order valence-corrected chi connectivity index (χ0v) is 22.8. The SMILES string of the molecule is CCCCNC(=O)[C@H](C)C[C@H](O)[C@@H](N)CC(C)(C)CC(=O)N1C[C@H](COCCC)Oc2ccccc21. The maximum Gasteiger partial charge on any atom is 0.227 e. The molecule has 0 saturated carbocycles. The lowest BCUT2D eigenvalue weighted by molar-refractivity contribution is -0.125. The van der Waals surface area contributed by atoms with Gasteiger partial charge in [0.15, 0.2) is 0 Å². The number of nitrogens with zero attached hydrogens (tertiary/aromatic N) is 1. The molecule has 4 atom stereocenters. The summed E-state index contributed by atoms with van der Waals surface area (Å²) in [5.41, 5.74) is 6.67. The summed E-state index contributed by atoms with van der Waals surface area (Å²) in [5.74, 6) is 0.275. The number of hydrogen-bond donors (Lipinski definition) is 3. The summed E-state index contributed by atoms with van der Waals surface area (Å²) >= 11 is 0. The quantitative estimate of drug-likeness (QED) is 0.314. The van der Waals surface area contributed by atoms with E-state index in [-0.39, 0.29) is 30.3 Å². The van der Waals surface area contributed by atoms with E-state index in [2.05, 4.69) is 19.2 Å². The van der Waals surface area contributed by atoms with Crippen LogP contribution in [0.4, 0.5) is 5.69 Å². The maximum atomic E-state index is 13.5. The van der Waals surface area contributed by atoms with Crippen molar-refractivity contribution in [1.29, 1.82) is 0 Å². The molecule has 8 heteroatoms. The van der Waals surface area contributed by atoms with Gasteiger partial charge in [-0.3, -0.25) is 9.59 Å². The van der Waals surface area contributed by atoms with Crippen LogP contribution in [0.15, 0.2) is 24.3 Å². The van der Waals surface area contributed by atoms with Crippen molar-refractivity contribution in [3.8, 4) is 5.75 Å². The summed E-state index contributed by atoms with van der Waals surface area (Å²) in [6.07, 6.45) is 2.84. The predicted octanol–water partition coefficient (Wildman–Crippen LogP) is 3.64. The highest BCUT2D eigenvalue weighted by molar-refractivity contribution is 5.95. The van der Waals surface area contributed by atoms with Crippen LogP contribution in [0.2, 0.25) is 0 Å². The largest absolute Gasteiger partial charge is 0.484 e. The van der Waals surface area contributed by atoms with Crippen molar-refractivity contribution in [1.82, 2.24) is 5.32 Å². The Hall–Kier alpha value is -2.16. The fourth-order valence-corrected chi connectivity index (χ4v) is 4.54. The lowest BCUT2D eigenvalue weighted by Crippen LogP contribution is -2.47. The highest BCUT2D eigenvalue weighted by Gasteiger charge is 2.35. The van der Waals surface area contributed by atoms with Crippen molar-refractivity contribution >= 4 is 17.5 Å². The van der Waals surface area contributed by atoms with E-state index < -0.39 is 17.6 Å². The Labute approximate surface area is 216 Å². The number of anilines is 1. The van der Waals surface area contributed by atoms with Crippen LogP contribution in [-0.4, -0.2) is 61.5 Å². The monoisotopic (exact) mass is 505 g/mol. The van der Waals surface area contributed by atoms with Crippen LogP contribution in [0.5, 0.6) is 5.75 Å². The van der Waals surface area contributed by atoms with Crippen molar-refractivity contribution in [2.24, 2.45) is 17.1 Å². The first kappa shape index (κ1) is 30.1. The normalized spacial score (nSPS) is 18.1. The van der Waals surface area contributed by atoms with E-state index in [0.29, 0.717) is 44.9 Å². The van der Waals surface area contributed by atoms with Crippen molar-refractivity contribution < 1.29 is 24.2 Å². The molecule has 2 amide bonds. The molecular formula is C28H47N3O5. The van der Waals surface area contributed by atoms with Gasteiger partial charge in [0.05, 0.1) is 24.9 Å². The molecule has 1 aromatic rings. The van der Waals surface area contributed by atoms with Crippen LogP contribution in [0.1, 0.15) is 73.1 Å². The van der Waals surface area contributed by atoms with Crippen molar-refractivity contribution in [3.05, 3.63) is 24.3 Å². The molecule has 0 fully saturated rings. The molecule has 36 heavy (non-hydrogen) atoms. The molecule has 0 saturated heterocycles. The molecule has 0 aliphatic carbocycles. The van der Waals surface area contributed by atoms with Gasteiger partial charge in [-0.25, -0.2) is 0 Å². The molecule has 2 rings (SSSR count). The van der Waals surface area contributed by atoms with Gasteiger partial charge >= 0.3 is 0 Å². The number of nitrogens with one attached hydrogen (secondary N) is 1. The summed E-state index contributed by atoms with van der Waals surface area (Å²) in [4.78, 5) is 27.5. The fourth-order valence-electron chi connectivity index (χ4n) is 4.54. The smallest absolute Gasteiger partial charge is 0.227 e. The molecule has 0 unspecified atom stereocenters. The van der Waals surface area contributed by atoms with Crippen molar-refractivity contribution in [3.63, 3.8) is 0 Å². The minimum absolute atomic E-state index is 0.0124. The van der Waals surface area contributed by atoms with E-state index in [1.54, 1.807) is 4.90 Å². The first-order chi connectivity index (χ1) is 17.1. The Morgan fingerprint density at radius 1 is 1.28 bits per heavy atom. The Kier molecular flexibility index (Phi) is 12.1. The van der Waals surface area contributed by atoms with E-state index in [9.17, 15) is 14.7 Å². The zero-order valence-electron chi connectivity index (χ0n) is 22.8. The van der Waals surface area contributed by atoms with E-state index in [0.717, 1.165) is 24.9 Å². The molecule has 8 nitrogen and oxygen atoms in total. The predicted molar refractivity (Wildman–Crippen MR) is 143 cm³/mol. The number of para-hydroxylation sites is 2. The Morgan fingerprint density at radius 3 is 2.69 bits per heavy atom. The molecule has 204 valence electrons. The lowest BCUT2D eigenvalue weighted by Gasteiger charge is -2.37. The number of benzene rings is 1. The number of nitrogens with two attached hydrogens (primary N) is 1. The number of ether oxygens (including phenoxy) is 2. The van der Waals surface area contributed by atoms with Gasteiger partial charge in [-0.2, -0.15) is 0 Å². The number of aliphatic hydroxyl groups is 1. The van der Waals surface area contributed by atoms with Crippen LogP contribution in [0.25, 0.3) is 0 Å². The molecule has 0 spiro atoms. The molecule has 1 aromatic carbocycles. The summed E-state index contributed by atoms with van der Waals surface area (Å²) in [6.45, 7) is 12.1. The minimum Gasteiger partial charge on any atom is -0.484 e. The van der Waals surface area contributed by atoms with Gasteiger partial charge < -0.3 is 30.5 Å². The highest BCUT2D eigenvalue weighted by Crippen LogP contribution is 2.36. The summed E-state index contributed by atoms with van der Waals surface area (Å²) < 4.78 is 11.8. The Balaban J connectivity index is 1.96. The summed E-state index contributed by atoms with van der Waals surface area (Å²) in [6, 6.07) is 7.02.